The largest absolute Gasteiger partial charge is 0.477 e. The van der Waals surface area contributed by atoms with Gasteiger partial charge in [0, 0.05) is 48.2 Å². The van der Waals surface area contributed by atoms with E-state index in [1.54, 1.807) is 78.8 Å². The van der Waals surface area contributed by atoms with E-state index in [9.17, 15) is 48.3 Å². The Bertz CT molecular complexity index is 2160. The number of nitrogens with one attached hydrogen (secondary N) is 3. The molecule has 332 valence electrons. The summed E-state index contributed by atoms with van der Waals surface area (Å²) in [5, 5.41) is 17.7. The molecule has 2 fully saturated rings. The predicted octanol–water partition coefficient (Wildman–Crippen LogP) is 1.23. The number of hydrogen-bond donors (Lipinski definition) is 4. The number of carboxylic acids is 1. The van der Waals surface area contributed by atoms with Crippen LogP contribution in [0.5, 0.6) is 0 Å². The molecule has 0 unspecified atom stereocenters. The minimum absolute atomic E-state index is 0.0646. The fourth-order valence-corrected chi connectivity index (χ4v) is 9.02. The van der Waals surface area contributed by atoms with Crippen molar-refractivity contribution in [2.75, 3.05) is 42.7 Å². The van der Waals surface area contributed by atoms with E-state index in [4.69, 9.17) is 9.47 Å². The quantitative estimate of drug-likeness (QED) is 0.0397. The Hall–Kier alpha value is -6.16. The first-order valence-corrected chi connectivity index (χ1v) is 21.4. The lowest BCUT2D eigenvalue weighted by molar-refractivity contribution is -0.683. The predicted molar refractivity (Wildman–Crippen MR) is 222 cm³/mol. The zero-order valence-electron chi connectivity index (χ0n) is 35.2. The number of pyridine rings is 1. The van der Waals surface area contributed by atoms with Gasteiger partial charge in [-0.05, 0) is 59.6 Å². The van der Waals surface area contributed by atoms with Crippen LogP contribution in [0.4, 0.5) is 9.59 Å². The Morgan fingerprint density at radius 2 is 1.63 bits per heavy atom. The van der Waals surface area contributed by atoms with Crippen molar-refractivity contribution in [3.63, 3.8) is 0 Å². The Balaban J connectivity index is 1.33. The molecule has 0 bridgehead atoms. The van der Waals surface area contributed by atoms with Gasteiger partial charge in [-0.3, -0.25) is 33.8 Å². The lowest BCUT2D eigenvalue weighted by Gasteiger charge is -2.56. The summed E-state index contributed by atoms with van der Waals surface area (Å²) in [7, 11) is 0. The zero-order valence-corrected chi connectivity index (χ0v) is 36.8. The number of carboxylic acid groups (broad SMARTS) is 1. The van der Waals surface area contributed by atoms with Crippen LogP contribution < -0.4 is 25.6 Å². The van der Waals surface area contributed by atoms with E-state index in [1.807, 2.05) is 0 Å². The topological polar surface area (TPSA) is 245 Å². The third-order valence-electron chi connectivity index (χ3n) is 9.34. The van der Waals surface area contributed by atoms with Gasteiger partial charge in [0.15, 0.2) is 6.54 Å². The van der Waals surface area contributed by atoms with Crippen LogP contribution in [0.15, 0.2) is 71.0 Å². The van der Waals surface area contributed by atoms with Crippen LogP contribution >= 0.6 is 23.5 Å². The highest BCUT2D eigenvalue weighted by Gasteiger charge is 2.66. The number of aliphatic carboxylic acids is 1. The molecule has 22 heteroatoms. The van der Waals surface area contributed by atoms with Gasteiger partial charge in [0.1, 0.15) is 28.3 Å². The number of imide groups is 1. The van der Waals surface area contributed by atoms with Gasteiger partial charge in [-0.1, -0.05) is 40.0 Å². The van der Waals surface area contributed by atoms with Crippen molar-refractivity contribution in [3.8, 4) is 0 Å². The van der Waals surface area contributed by atoms with Crippen molar-refractivity contribution < 1.29 is 62.4 Å². The number of piperazine rings is 1. The molecule has 0 radical (unpaired) electrons. The average molecular weight is 898 g/mol. The standard InChI is InChI=1S/C40H48N8O12S2/c1-8-44-18-19-46(32(53)31(44)52)36(57)42-28(24-12-10-9-11-13-24)30(51)43-40(41-23-49)34(56)48-29(33(54)55)25(22-62-35(40)48)21-61-26-14-16-45(17-15-26)47(37(58)60-39(5,6)7)20-27(50)59-38(2,3)4/h9-17,23,28,35H,8,18-22H2,1-7H3,(H3-,41,42,43,49,51,54,55,57)/p+1/t28-,35-,40-/m1/s1. The summed E-state index contributed by atoms with van der Waals surface area (Å²) < 4.78 is 12.3. The number of thioether (sulfide) groups is 2. The second-order valence-corrected chi connectivity index (χ2v) is 18.2. The number of carbonyl (C=O) groups is 9. The fraction of sp³-hybridized carbons (Fsp3) is 0.450. The molecule has 2 saturated heterocycles. The van der Waals surface area contributed by atoms with Crippen molar-refractivity contribution in [2.45, 2.75) is 81.6 Å². The zero-order chi connectivity index (χ0) is 45.7. The van der Waals surface area contributed by atoms with E-state index in [0.29, 0.717) is 15.4 Å². The number of aromatic nitrogens is 1. The fourth-order valence-electron chi connectivity index (χ4n) is 6.58. The van der Waals surface area contributed by atoms with Crippen molar-refractivity contribution in [1.82, 2.24) is 30.7 Å². The molecule has 0 spiro atoms. The van der Waals surface area contributed by atoms with Gasteiger partial charge in [-0.25, -0.2) is 19.2 Å². The number of carbonyl (C=O) groups excluding carboxylic acids is 8. The molecule has 62 heavy (non-hydrogen) atoms. The first-order valence-electron chi connectivity index (χ1n) is 19.4. The van der Waals surface area contributed by atoms with Gasteiger partial charge in [-0.15, -0.1) is 23.5 Å². The summed E-state index contributed by atoms with van der Waals surface area (Å²) in [4.78, 5) is 121. The van der Waals surface area contributed by atoms with Gasteiger partial charge >= 0.3 is 35.9 Å². The minimum Gasteiger partial charge on any atom is -0.477 e. The molecule has 5 rings (SSSR count). The first-order chi connectivity index (χ1) is 29.1. The number of fused-ring (bicyclic) bond motifs is 1. The van der Waals surface area contributed by atoms with Crippen LogP contribution in [0.2, 0.25) is 0 Å². The number of esters is 1. The molecule has 4 N–H and O–H groups in total. The number of benzene rings is 1. The normalized spacial score (nSPS) is 19.4. The first kappa shape index (κ1) is 46.9. The second kappa shape index (κ2) is 18.8. The summed E-state index contributed by atoms with van der Waals surface area (Å²) in [5.41, 5.74) is -3.54. The maximum atomic E-state index is 14.1. The molecule has 0 aliphatic carbocycles. The van der Waals surface area contributed by atoms with Crippen LogP contribution in [0.25, 0.3) is 0 Å². The van der Waals surface area contributed by atoms with Gasteiger partial charge in [0.05, 0.1) is 0 Å². The molecule has 1 aromatic heterocycles. The van der Waals surface area contributed by atoms with Gasteiger partial charge in [0.2, 0.25) is 30.4 Å². The second-order valence-electron chi connectivity index (χ2n) is 16.1. The van der Waals surface area contributed by atoms with E-state index in [0.717, 1.165) is 21.7 Å². The Kier molecular flexibility index (Phi) is 14.3. The summed E-state index contributed by atoms with van der Waals surface area (Å²) in [5.74, 6) is -5.83. The monoisotopic (exact) mass is 897 g/mol. The lowest BCUT2D eigenvalue weighted by Crippen LogP contribution is -2.85. The number of rotatable bonds is 14. The highest BCUT2D eigenvalue weighted by molar-refractivity contribution is 8.01. The Morgan fingerprint density at radius 1 is 0.984 bits per heavy atom. The van der Waals surface area contributed by atoms with Crippen molar-refractivity contribution >= 4 is 77.6 Å². The van der Waals surface area contributed by atoms with Crippen LogP contribution in [0.1, 0.15) is 60.1 Å². The molecular formula is C40H49N8O12S2+. The summed E-state index contributed by atoms with van der Waals surface area (Å²) in [6.07, 6.45) is 2.43. The molecule has 3 aliphatic heterocycles. The van der Waals surface area contributed by atoms with Gasteiger partial charge in [0.25, 0.3) is 5.91 Å². The number of urea groups is 1. The maximum Gasteiger partial charge on any atom is 0.464 e. The lowest BCUT2D eigenvalue weighted by atomic mass is 9.94. The summed E-state index contributed by atoms with van der Waals surface area (Å²) >= 11 is 2.32. The van der Waals surface area contributed by atoms with Gasteiger partial charge in [-0.2, -0.15) is 0 Å². The Labute approximate surface area is 365 Å². The van der Waals surface area contributed by atoms with Crippen LogP contribution in [-0.4, -0.2) is 134 Å². The molecule has 20 nitrogen and oxygen atoms in total. The molecular weight excluding hydrogens is 849 g/mol. The molecule has 3 aliphatic rings. The molecule has 3 atom stereocenters. The number of nitrogens with zero attached hydrogens (tertiary/aromatic N) is 5. The van der Waals surface area contributed by atoms with Gasteiger partial charge < -0.3 is 35.4 Å². The van der Waals surface area contributed by atoms with Crippen molar-refractivity contribution in [3.05, 3.63) is 71.7 Å². The maximum absolute atomic E-state index is 14.1. The van der Waals surface area contributed by atoms with E-state index >= 15 is 0 Å². The third-order valence-corrected chi connectivity index (χ3v) is 11.8. The number of β-lactam (4-membered cyclic amide) rings is 1. The molecule has 4 heterocycles. The van der Waals surface area contributed by atoms with E-state index < -0.39 is 82.5 Å². The number of ether oxygens (including phenoxy) is 2. The summed E-state index contributed by atoms with van der Waals surface area (Å²) in [6, 6.07) is 8.57. The number of hydrogen-bond acceptors (Lipinski definition) is 13. The molecule has 8 amide bonds. The number of likely N-dealkylation sites (N-methyl/N-ethyl adjacent to an activating group) is 1. The highest BCUT2D eigenvalue weighted by Crippen LogP contribution is 2.46. The van der Waals surface area contributed by atoms with E-state index in [-0.39, 0.29) is 48.8 Å². The number of amides is 8. The summed E-state index contributed by atoms with van der Waals surface area (Å²) in [6.45, 7) is 11.6. The molecule has 2 aromatic rings. The van der Waals surface area contributed by atoms with E-state index in [2.05, 4.69) is 16.0 Å². The van der Waals surface area contributed by atoms with Crippen molar-refractivity contribution in [2.24, 2.45) is 0 Å². The van der Waals surface area contributed by atoms with Crippen LogP contribution in [-0.2, 0) is 43.0 Å². The molecule has 1 aromatic carbocycles. The van der Waals surface area contributed by atoms with Crippen molar-refractivity contribution in [1.29, 1.82) is 0 Å². The SMILES string of the molecule is CCN1CCN(C(=O)N[C@@H](C(=O)N[C@]2(NC=O)C(=O)N3C(C(=O)O)=C(CSc4cc[n+](N(CC(=O)OC(C)(C)C)C(=O)OC(C)(C)C)cc4)CS[C@@H]32)c2ccccc2)C(=O)C1=O. The average Bonchev–Trinajstić information content (AvgIpc) is 3.20. The third kappa shape index (κ3) is 10.5. The minimum atomic E-state index is -2.13. The molecule has 0 saturated carbocycles. The Morgan fingerprint density at radius 3 is 2.21 bits per heavy atom. The van der Waals surface area contributed by atoms with Crippen LogP contribution in [0.3, 0.4) is 0 Å². The van der Waals surface area contributed by atoms with Crippen LogP contribution in [0, 0.1) is 0 Å². The highest BCUT2D eigenvalue weighted by atomic mass is 32.2. The van der Waals surface area contributed by atoms with E-state index in [1.165, 1.54) is 45.9 Å². The smallest absolute Gasteiger partial charge is 0.464 e.